The maximum Gasteiger partial charge on any atom is 0.133 e. The highest BCUT2D eigenvalue weighted by molar-refractivity contribution is 5.88. The van der Waals surface area contributed by atoms with Crippen molar-refractivity contribution in [3.8, 4) is 5.75 Å². The Balaban J connectivity index is 1.33. The Kier molecular flexibility index (Phi) is 5.05. The molecular formula is C26H22N2O2. The summed E-state index contributed by atoms with van der Waals surface area (Å²) in [4.78, 5) is 4.78. The van der Waals surface area contributed by atoms with Crippen LogP contribution < -0.4 is 4.74 Å². The van der Waals surface area contributed by atoms with Gasteiger partial charge in [-0.05, 0) is 54.3 Å². The molecule has 148 valence electrons. The van der Waals surface area contributed by atoms with E-state index in [1.165, 1.54) is 5.39 Å². The smallest absolute Gasteiger partial charge is 0.133 e. The molecular weight excluding hydrogens is 372 g/mol. The number of furan rings is 1. The van der Waals surface area contributed by atoms with Crippen molar-refractivity contribution in [2.45, 2.75) is 13.0 Å². The zero-order valence-electron chi connectivity index (χ0n) is 16.6. The number of rotatable bonds is 7. The third kappa shape index (κ3) is 3.72. The Bertz CT molecular complexity index is 1290. The number of nitrogens with zero attached hydrogens (tertiary/aromatic N) is 2. The Morgan fingerprint density at radius 2 is 1.73 bits per heavy atom. The van der Waals surface area contributed by atoms with E-state index in [9.17, 15) is 0 Å². The molecule has 0 saturated heterocycles. The summed E-state index contributed by atoms with van der Waals surface area (Å²) < 4.78 is 13.8. The fraction of sp³-hybridized carbons (Fsp3) is 0.115. The molecule has 2 aromatic heterocycles. The highest BCUT2D eigenvalue weighted by atomic mass is 16.5. The number of para-hydroxylation sites is 2. The van der Waals surface area contributed by atoms with Crippen molar-refractivity contribution in [1.29, 1.82) is 0 Å². The SMILES string of the molecule is C(=C\c1nc2ccccc2n1CCCOc1cccc2ccccc12)/c1ccco1. The number of ether oxygens (including phenoxy) is 1. The summed E-state index contributed by atoms with van der Waals surface area (Å²) in [5.41, 5.74) is 2.12. The molecule has 0 spiro atoms. The number of aromatic nitrogens is 2. The van der Waals surface area contributed by atoms with E-state index in [1.807, 2.05) is 66.7 Å². The van der Waals surface area contributed by atoms with Gasteiger partial charge in [0.15, 0.2) is 0 Å². The Hall–Kier alpha value is -3.79. The quantitative estimate of drug-likeness (QED) is 0.299. The van der Waals surface area contributed by atoms with Gasteiger partial charge in [-0.15, -0.1) is 0 Å². The first kappa shape index (κ1) is 18.3. The fourth-order valence-corrected chi connectivity index (χ4v) is 3.73. The number of aryl methyl sites for hydroxylation is 1. The van der Waals surface area contributed by atoms with Gasteiger partial charge in [-0.3, -0.25) is 0 Å². The van der Waals surface area contributed by atoms with Gasteiger partial charge in [-0.25, -0.2) is 4.98 Å². The molecule has 0 bridgehead atoms. The van der Waals surface area contributed by atoms with E-state index in [1.54, 1.807) is 6.26 Å². The molecule has 0 fully saturated rings. The van der Waals surface area contributed by atoms with E-state index in [0.717, 1.165) is 46.7 Å². The molecule has 0 aliphatic carbocycles. The van der Waals surface area contributed by atoms with Crippen LogP contribution in [0.25, 0.3) is 34.0 Å². The lowest BCUT2D eigenvalue weighted by Gasteiger charge is -2.11. The normalized spacial score (nSPS) is 11.6. The van der Waals surface area contributed by atoms with Gasteiger partial charge in [0.05, 0.1) is 23.9 Å². The zero-order chi connectivity index (χ0) is 20.2. The average molecular weight is 394 g/mol. The maximum atomic E-state index is 6.12. The van der Waals surface area contributed by atoms with Gasteiger partial charge in [0.1, 0.15) is 17.3 Å². The molecule has 30 heavy (non-hydrogen) atoms. The second-order valence-corrected chi connectivity index (χ2v) is 7.14. The van der Waals surface area contributed by atoms with Crippen LogP contribution in [0.3, 0.4) is 0 Å². The number of imidazole rings is 1. The van der Waals surface area contributed by atoms with Crippen molar-refractivity contribution in [2.24, 2.45) is 0 Å². The van der Waals surface area contributed by atoms with Crippen LogP contribution in [0, 0.1) is 0 Å². The topological polar surface area (TPSA) is 40.2 Å². The lowest BCUT2D eigenvalue weighted by Crippen LogP contribution is -2.06. The number of hydrogen-bond acceptors (Lipinski definition) is 3. The molecule has 2 heterocycles. The standard InChI is InChI=1S/C26H22N2O2/c1-2-11-22-20(8-1)9-5-14-25(22)30-19-7-17-28-24-13-4-3-12-23(24)27-26(28)16-15-21-10-6-18-29-21/h1-6,8-16,18H,7,17,19H2/b16-15+. The molecule has 0 aliphatic heterocycles. The molecule has 0 atom stereocenters. The van der Waals surface area contributed by atoms with Crippen molar-refractivity contribution in [1.82, 2.24) is 9.55 Å². The van der Waals surface area contributed by atoms with Crippen LogP contribution in [0.4, 0.5) is 0 Å². The molecule has 4 nitrogen and oxygen atoms in total. The van der Waals surface area contributed by atoms with E-state index in [2.05, 4.69) is 28.8 Å². The predicted molar refractivity (Wildman–Crippen MR) is 121 cm³/mol. The second kappa shape index (κ2) is 8.29. The lowest BCUT2D eigenvalue weighted by molar-refractivity contribution is 0.306. The first-order valence-electron chi connectivity index (χ1n) is 10.2. The molecule has 0 aliphatic rings. The van der Waals surface area contributed by atoms with Crippen molar-refractivity contribution in [3.05, 3.63) is 96.7 Å². The molecule has 0 radical (unpaired) electrons. The van der Waals surface area contributed by atoms with Crippen LogP contribution in [-0.4, -0.2) is 16.2 Å². The van der Waals surface area contributed by atoms with Gasteiger partial charge in [0, 0.05) is 11.9 Å². The van der Waals surface area contributed by atoms with Crippen molar-refractivity contribution >= 4 is 34.0 Å². The monoisotopic (exact) mass is 394 g/mol. The van der Waals surface area contributed by atoms with Crippen LogP contribution in [0.15, 0.2) is 89.5 Å². The molecule has 0 saturated carbocycles. The highest BCUT2D eigenvalue weighted by Crippen LogP contribution is 2.25. The fourth-order valence-electron chi connectivity index (χ4n) is 3.73. The van der Waals surface area contributed by atoms with Crippen LogP contribution >= 0.6 is 0 Å². The molecule has 3 aromatic carbocycles. The molecule has 0 unspecified atom stereocenters. The molecule has 0 amide bonds. The van der Waals surface area contributed by atoms with E-state index in [0.29, 0.717) is 6.61 Å². The summed E-state index contributed by atoms with van der Waals surface area (Å²) in [7, 11) is 0. The summed E-state index contributed by atoms with van der Waals surface area (Å²) in [6.45, 7) is 1.46. The number of hydrogen-bond donors (Lipinski definition) is 0. The molecule has 5 rings (SSSR count). The third-order valence-corrected chi connectivity index (χ3v) is 5.16. The van der Waals surface area contributed by atoms with E-state index in [4.69, 9.17) is 14.1 Å². The van der Waals surface area contributed by atoms with Crippen LogP contribution in [0.2, 0.25) is 0 Å². The Labute approximate surface area is 175 Å². The van der Waals surface area contributed by atoms with Gasteiger partial charge in [-0.2, -0.15) is 0 Å². The van der Waals surface area contributed by atoms with Crippen LogP contribution in [-0.2, 0) is 6.54 Å². The predicted octanol–water partition coefficient (Wildman–Crippen LogP) is 6.42. The summed E-state index contributed by atoms with van der Waals surface area (Å²) in [5.74, 6) is 2.66. The minimum Gasteiger partial charge on any atom is -0.493 e. The lowest BCUT2D eigenvalue weighted by atomic mass is 10.1. The largest absolute Gasteiger partial charge is 0.493 e. The van der Waals surface area contributed by atoms with E-state index >= 15 is 0 Å². The van der Waals surface area contributed by atoms with E-state index in [-0.39, 0.29) is 0 Å². The summed E-state index contributed by atoms with van der Waals surface area (Å²) in [6, 6.07) is 26.5. The number of fused-ring (bicyclic) bond motifs is 2. The average Bonchev–Trinajstić information content (AvgIpc) is 3.43. The first-order chi connectivity index (χ1) is 14.9. The minimum absolute atomic E-state index is 0.641. The second-order valence-electron chi connectivity index (χ2n) is 7.14. The third-order valence-electron chi connectivity index (χ3n) is 5.16. The molecule has 4 heteroatoms. The van der Waals surface area contributed by atoms with Crippen molar-refractivity contribution in [2.75, 3.05) is 6.61 Å². The number of benzene rings is 3. The minimum atomic E-state index is 0.641. The summed E-state index contributed by atoms with van der Waals surface area (Å²) >= 11 is 0. The first-order valence-corrected chi connectivity index (χ1v) is 10.2. The van der Waals surface area contributed by atoms with Gasteiger partial charge < -0.3 is 13.7 Å². The van der Waals surface area contributed by atoms with Crippen LogP contribution in [0.1, 0.15) is 18.0 Å². The zero-order valence-corrected chi connectivity index (χ0v) is 16.6. The van der Waals surface area contributed by atoms with Crippen molar-refractivity contribution in [3.63, 3.8) is 0 Å². The summed E-state index contributed by atoms with van der Waals surface area (Å²) in [5, 5.41) is 2.34. The Morgan fingerprint density at radius 1 is 0.867 bits per heavy atom. The van der Waals surface area contributed by atoms with Crippen molar-refractivity contribution < 1.29 is 9.15 Å². The summed E-state index contributed by atoms with van der Waals surface area (Å²) in [6.07, 6.45) is 6.51. The van der Waals surface area contributed by atoms with Gasteiger partial charge in [0.2, 0.25) is 0 Å². The van der Waals surface area contributed by atoms with Gasteiger partial charge in [0.25, 0.3) is 0 Å². The molecule has 0 N–H and O–H groups in total. The highest BCUT2D eigenvalue weighted by Gasteiger charge is 2.08. The molecule has 5 aromatic rings. The van der Waals surface area contributed by atoms with Gasteiger partial charge in [-0.1, -0.05) is 48.5 Å². The Morgan fingerprint density at radius 3 is 2.67 bits per heavy atom. The van der Waals surface area contributed by atoms with Crippen LogP contribution in [0.5, 0.6) is 5.75 Å². The maximum absolute atomic E-state index is 6.12. The van der Waals surface area contributed by atoms with Gasteiger partial charge >= 0.3 is 0 Å². The van der Waals surface area contributed by atoms with E-state index < -0.39 is 0 Å².